The van der Waals surface area contributed by atoms with Crippen molar-refractivity contribution >= 4 is 28.8 Å². The summed E-state index contributed by atoms with van der Waals surface area (Å²) in [6.45, 7) is 0. The van der Waals surface area contributed by atoms with Crippen LogP contribution in [0, 0.1) is 33.8 Å². The Morgan fingerprint density at radius 1 is 0.750 bits per heavy atom. The molecular weight excluding hydrogens is 512 g/mol. The van der Waals surface area contributed by atoms with Crippen LogP contribution < -0.4 is 19.1 Å². The number of anilines is 1. The van der Waals surface area contributed by atoms with E-state index in [0.29, 0.717) is 0 Å². The molecule has 4 atom stereocenters. The lowest BCUT2D eigenvalue weighted by Crippen LogP contribution is -2.33. The van der Waals surface area contributed by atoms with Gasteiger partial charge in [-0.15, -0.1) is 0 Å². The van der Waals surface area contributed by atoms with Crippen molar-refractivity contribution in [3.63, 3.8) is 0 Å². The molecule has 1 heterocycles. The highest BCUT2D eigenvalue weighted by molar-refractivity contribution is 6.24. The zero-order chi connectivity index (χ0) is 28.1. The standard InChI is InChI=1S/C31H26N2O7/c1-38-20-9-4-17(5-10-20)26(18-6-11-21(39-2)12-7-18)27-22-13-14-23(27)29-28(22)30(34)32(31(29)35)24-16-19(33(36)37)8-15-25(24)40-3/h4-16,22-23,28-29H,1-3H3/t22-,23-,28-,29-/m1/s1. The van der Waals surface area contributed by atoms with Gasteiger partial charge in [0.15, 0.2) is 0 Å². The summed E-state index contributed by atoms with van der Waals surface area (Å²) in [5.74, 6) is -0.945. The predicted molar refractivity (Wildman–Crippen MR) is 147 cm³/mol. The van der Waals surface area contributed by atoms with Gasteiger partial charge >= 0.3 is 0 Å². The van der Waals surface area contributed by atoms with E-state index in [2.05, 4.69) is 0 Å². The van der Waals surface area contributed by atoms with E-state index in [0.717, 1.165) is 38.7 Å². The van der Waals surface area contributed by atoms with Crippen LogP contribution in [0.5, 0.6) is 17.2 Å². The fourth-order valence-corrected chi connectivity index (χ4v) is 6.32. The van der Waals surface area contributed by atoms with Gasteiger partial charge in [0.1, 0.15) is 22.9 Å². The smallest absolute Gasteiger partial charge is 0.271 e. The molecule has 9 heteroatoms. The van der Waals surface area contributed by atoms with Crippen molar-refractivity contribution in [1.29, 1.82) is 0 Å². The fraction of sp³-hybridized carbons (Fsp3) is 0.226. The van der Waals surface area contributed by atoms with Gasteiger partial charge in [-0.1, -0.05) is 36.4 Å². The van der Waals surface area contributed by atoms with Crippen LogP contribution >= 0.6 is 0 Å². The van der Waals surface area contributed by atoms with Gasteiger partial charge in [0, 0.05) is 24.0 Å². The first-order valence-electron chi connectivity index (χ1n) is 12.8. The Balaban J connectivity index is 1.47. The first kappa shape index (κ1) is 25.4. The first-order chi connectivity index (χ1) is 19.4. The van der Waals surface area contributed by atoms with Gasteiger partial charge in [0.05, 0.1) is 38.1 Å². The average molecular weight is 539 g/mol. The summed E-state index contributed by atoms with van der Waals surface area (Å²) < 4.78 is 16.1. The van der Waals surface area contributed by atoms with E-state index in [9.17, 15) is 19.7 Å². The Morgan fingerprint density at radius 3 is 1.68 bits per heavy atom. The van der Waals surface area contributed by atoms with Crippen LogP contribution in [-0.4, -0.2) is 38.1 Å². The van der Waals surface area contributed by atoms with E-state index in [1.165, 1.54) is 25.3 Å². The van der Waals surface area contributed by atoms with Crippen molar-refractivity contribution in [3.8, 4) is 17.2 Å². The van der Waals surface area contributed by atoms with Crippen LogP contribution in [0.25, 0.3) is 5.57 Å². The third-order valence-electron chi connectivity index (χ3n) is 8.08. The Hall–Kier alpha value is -4.92. The number of fused-ring (bicyclic) bond motifs is 5. The van der Waals surface area contributed by atoms with Gasteiger partial charge in [-0.25, -0.2) is 4.90 Å². The fourth-order valence-electron chi connectivity index (χ4n) is 6.32. The lowest BCUT2D eigenvalue weighted by Gasteiger charge is -2.22. The molecule has 9 nitrogen and oxygen atoms in total. The lowest BCUT2D eigenvalue weighted by atomic mass is 9.85. The maximum atomic E-state index is 13.9. The number of hydrogen-bond acceptors (Lipinski definition) is 7. The van der Waals surface area contributed by atoms with Crippen LogP contribution in [-0.2, 0) is 9.59 Å². The Kier molecular flexibility index (Phi) is 6.14. The second kappa shape index (κ2) is 9.68. The Morgan fingerprint density at radius 2 is 1.25 bits per heavy atom. The third-order valence-corrected chi connectivity index (χ3v) is 8.08. The molecule has 2 bridgehead atoms. The van der Waals surface area contributed by atoms with Crippen molar-refractivity contribution in [2.45, 2.75) is 0 Å². The number of nitro benzene ring substituents is 1. The summed E-state index contributed by atoms with van der Waals surface area (Å²) in [7, 11) is 4.62. The SMILES string of the molecule is COc1ccc(C(=C2[C@H]3C=C[C@H]2[C@H]2C(=O)N(c4cc([N+](=O)[O-])ccc4OC)C(=O)[C@@H]23)c2ccc(OC)cc2)cc1. The first-order valence-corrected chi connectivity index (χ1v) is 12.8. The molecule has 0 aromatic heterocycles. The molecule has 0 unspecified atom stereocenters. The number of rotatable bonds is 7. The number of nitrogens with zero attached hydrogens (tertiary/aromatic N) is 2. The molecule has 3 aliphatic rings. The van der Waals surface area contributed by atoms with Crippen LogP contribution in [0.15, 0.2) is 84.5 Å². The summed E-state index contributed by atoms with van der Waals surface area (Å²) >= 11 is 0. The van der Waals surface area contributed by atoms with Crippen LogP contribution in [0.3, 0.4) is 0 Å². The minimum atomic E-state index is -0.618. The molecule has 1 aliphatic heterocycles. The number of carbonyl (C=O) groups excluding carboxylic acids is 2. The largest absolute Gasteiger partial charge is 0.497 e. The van der Waals surface area contributed by atoms with Crippen LogP contribution in [0.4, 0.5) is 11.4 Å². The number of benzene rings is 3. The third kappa shape index (κ3) is 3.77. The van der Waals surface area contributed by atoms with Crippen LogP contribution in [0.2, 0.25) is 0 Å². The quantitative estimate of drug-likeness (QED) is 0.179. The zero-order valence-corrected chi connectivity index (χ0v) is 22.1. The van der Waals surface area contributed by atoms with Crippen molar-refractivity contribution in [2.75, 3.05) is 26.2 Å². The van der Waals surface area contributed by atoms with E-state index < -0.39 is 16.8 Å². The van der Waals surface area contributed by atoms with E-state index in [-0.39, 0.29) is 40.8 Å². The Labute approximate surface area is 230 Å². The van der Waals surface area contributed by atoms with Crippen molar-refractivity contribution in [3.05, 3.63) is 106 Å². The van der Waals surface area contributed by atoms with E-state index in [1.54, 1.807) is 14.2 Å². The zero-order valence-electron chi connectivity index (χ0n) is 22.1. The lowest BCUT2D eigenvalue weighted by molar-refractivity contribution is -0.384. The predicted octanol–water partition coefficient (Wildman–Crippen LogP) is 5.04. The molecule has 6 rings (SSSR count). The maximum Gasteiger partial charge on any atom is 0.271 e. The van der Waals surface area contributed by atoms with Crippen molar-refractivity contribution < 1.29 is 28.7 Å². The molecule has 0 N–H and O–H groups in total. The van der Waals surface area contributed by atoms with Gasteiger partial charge in [-0.05, 0) is 52.6 Å². The van der Waals surface area contributed by atoms with Crippen LogP contribution in [0.1, 0.15) is 11.1 Å². The Bertz CT molecular complexity index is 1510. The maximum absolute atomic E-state index is 13.9. The molecule has 0 radical (unpaired) electrons. The molecule has 3 aromatic carbocycles. The summed E-state index contributed by atoms with van der Waals surface area (Å²) in [4.78, 5) is 39.8. The van der Waals surface area contributed by atoms with Gasteiger partial charge in [-0.3, -0.25) is 19.7 Å². The summed E-state index contributed by atoms with van der Waals surface area (Å²) in [6.07, 6.45) is 4.02. The summed E-state index contributed by atoms with van der Waals surface area (Å²) in [6, 6.07) is 19.4. The summed E-state index contributed by atoms with van der Waals surface area (Å²) in [5.41, 5.74) is 3.72. The normalized spacial score (nSPS) is 22.5. The highest BCUT2D eigenvalue weighted by Crippen LogP contribution is 2.59. The number of methoxy groups -OCH3 is 3. The topological polar surface area (TPSA) is 108 Å². The number of allylic oxidation sites excluding steroid dienone is 3. The summed E-state index contributed by atoms with van der Waals surface area (Å²) in [5, 5.41) is 11.5. The molecule has 1 saturated carbocycles. The molecule has 2 aliphatic carbocycles. The monoisotopic (exact) mass is 538 g/mol. The van der Waals surface area contributed by atoms with E-state index in [4.69, 9.17) is 14.2 Å². The molecular formula is C31H26N2O7. The number of nitro groups is 1. The molecule has 1 saturated heterocycles. The van der Waals surface area contributed by atoms with E-state index in [1.807, 2.05) is 60.7 Å². The number of hydrogen-bond donors (Lipinski definition) is 0. The molecule has 3 aromatic rings. The number of imide groups is 1. The minimum Gasteiger partial charge on any atom is -0.497 e. The number of ether oxygens (including phenoxy) is 3. The molecule has 202 valence electrons. The second-order valence-corrected chi connectivity index (χ2v) is 9.90. The van der Waals surface area contributed by atoms with Gasteiger partial charge in [0.2, 0.25) is 11.8 Å². The number of amides is 2. The highest BCUT2D eigenvalue weighted by Gasteiger charge is 2.62. The highest BCUT2D eigenvalue weighted by atomic mass is 16.6. The average Bonchev–Trinajstić information content (AvgIpc) is 3.62. The molecule has 2 fully saturated rings. The van der Waals surface area contributed by atoms with Gasteiger partial charge in [-0.2, -0.15) is 0 Å². The molecule has 2 amide bonds. The minimum absolute atomic E-state index is 0.0940. The molecule has 0 spiro atoms. The van der Waals surface area contributed by atoms with Crippen molar-refractivity contribution in [2.24, 2.45) is 23.7 Å². The van der Waals surface area contributed by atoms with Crippen molar-refractivity contribution in [1.82, 2.24) is 0 Å². The second-order valence-electron chi connectivity index (χ2n) is 9.90. The number of carbonyl (C=O) groups is 2. The van der Waals surface area contributed by atoms with Gasteiger partial charge < -0.3 is 14.2 Å². The van der Waals surface area contributed by atoms with E-state index >= 15 is 0 Å². The van der Waals surface area contributed by atoms with Gasteiger partial charge in [0.25, 0.3) is 5.69 Å². The number of non-ortho nitro benzene ring substituents is 1. The molecule has 40 heavy (non-hydrogen) atoms.